The van der Waals surface area contributed by atoms with Crippen LogP contribution < -0.4 is 20.7 Å². The molecular formula is C38H30N8O2. The van der Waals surface area contributed by atoms with Crippen molar-refractivity contribution in [2.45, 2.75) is 0 Å². The number of pyridine rings is 2. The summed E-state index contributed by atoms with van der Waals surface area (Å²) in [4.78, 5) is 39.7. The highest BCUT2D eigenvalue weighted by Gasteiger charge is 2.23. The number of carbonyl (C=O) groups is 2. The van der Waals surface area contributed by atoms with Gasteiger partial charge in [-0.2, -0.15) is 10.2 Å². The van der Waals surface area contributed by atoms with Gasteiger partial charge in [0, 0.05) is 12.4 Å². The Labute approximate surface area is 277 Å². The van der Waals surface area contributed by atoms with E-state index in [0.29, 0.717) is 34.1 Å². The minimum atomic E-state index is -0.524. The molecule has 0 saturated carbocycles. The van der Waals surface area contributed by atoms with E-state index < -0.39 is 12.1 Å². The number of amides is 4. The molecule has 0 aliphatic carbocycles. The number of hydrogen-bond acceptors (Lipinski definition) is 6. The minimum absolute atomic E-state index is 0.176. The Kier molecular flexibility index (Phi) is 9.95. The summed E-state index contributed by atoms with van der Waals surface area (Å²) in [5.41, 5.74) is 9.10. The molecule has 48 heavy (non-hydrogen) atoms. The van der Waals surface area contributed by atoms with Gasteiger partial charge in [0.05, 0.1) is 34.1 Å². The maximum atomic E-state index is 13.9. The molecule has 0 spiro atoms. The van der Waals surface area contributed by atoms with Gasteiger partial charge in [-0.15, -0.1) is 0 Å². The van der Waals surface area contributed by atoms with Crippen LogP contribution in [0.5, 0.6) is 0 Å². The predicted octanol–water partition coefficient (Wildman–Crippen LogP) is 7.68. The van der Waals surface area contributed by atoms with Crippen LogP contribution in [0.25, 0.3) is 0 Å². The number of nitrogens with zero attached hydrogens (tertiary/aromatic N) is 6. The first-order valence-electron chi connectivity index (χ1n) is 15.1. The minimum Gasteiger partial charge on any atom is -0.262 e. The lowest BCUT2D eigenvalue weighted by atomic mass is 10.1. The number of para-hydroxylation sites is 4. The van der Waals surface area contributed by atoms with E-state index in [0.717, 1.165) is 0 Å². The van der Waals surface area contributed by atoms with Gasteiger partial charge >= 0.3 is 12.1 Å². The lowest BCUT2D eigenvalue weighted by molar-refractivity contribution is 0.248. The van der Waals surface area contributed by atoms with E-state index in [-0.39, 0.29) is 11.4 Å². The zero-order valence-corrected chi connectivity index (χ0v) is 25.7. The third kappa shape index (κ3) is 7.47. The number of urea groups is 2. The molecule has 0 radical (unpaired) electrons. The van der Waals surface area contributed by atoms with E-state index in [9.17, 15) is 9.59 Å². The Hall–Kier alpha value is -6.94. The second-order valence-corrected chi connectivity index (χ2v) is 10.2. The van der Waals surface area contributed by atoms with E-state index in [2.05, 4.69) is 31.0 Å². The summed E-state index contributed by atoms with van der Waals surface area (Å²) in [5, 5.41) is 9.12. The van der Waals surface area contributed by atoms with Crippen molar-refractivity contribution in [1.29, 1.82) is 0 Å². The summed E-state index contributed by atoms with van der Waals surface area (Å²) in [6, 6.07) is 46.5. The van der Waals surface area contributed by atoms with Crippen molar-refractivity contribution < 1.29 is 9.59 Å². The lowest BCUT2D eigenvalue weighted by Gasteiger charge is -2.23. The highest BCUT2D eigenvalue weighted by Crippen LogP contribution is 2.26. The average Bonchev–Trinajstić information content (AvgIpc) is 3.15. The predicted molar refractivity (Wildman–Crippen MR) is 189 cm³/mol. The van der Waals surface area contributed by atoms with Gasteiger partial charge in [-0.3, -0.25) is 19.8 Å². The standard InChI is InChI=1S/C38H30N8O2/c47-37(45(29-17-5-1-6-18-29)30-19-7-2-8-20-30)43-41-35(33-25-13-15-27-39-33)36(34-26-14-16-28-40-34)42-44-38(48)46(31-21-9-3-10-22-31)32-23-11-4-12-24-32/h1-28H,(H,43,47)(H,44,48)/b41-35+,42-36+. The van der Waals surface area contributed by atoms with Crippen LogP contribution in [0.15, 0.2) is 180 Å². The van der Waals surface area contributed by atoms with Crippen LogP contribution in [0.4, 0.5) is 32.3 Å². The molecule has 6 rings (SSSR count). The Morgan fingerprint density at radius 1 is 0.417 bits per heavy atom. The molecule has 2 aromatic heterocycles. The molecule has 0 aliphatic heterocycles. The quantitative estimate of drug-likeness (QED) is 0.126. The number of benzene rings is 4. The van der Waals surface area contributed by atoms with Gasteiger partial charge in [0.25, 0.3) is 0 Å². The zero-order chi connectivity index (χ0) is 33.0. The van der Waals surface area contributed by atoms with E-state index in [1.54, 1.807) is 48.8 Å². The molecule has 4 aromatic carbocycles. The molecular weight excluding hydrogens is 600 g/mol. The van der Waals surface area contributed by atoms with Crippen LogP contribution in [0, 0.1) is 0 Å². The van der Waals surface area contributed by atoms with Crippen LogP contribution in [0.3, 0.4) is 0 Å². The number of carbonyl (C=O) groups excluding carboxylic acids is 2. The first-order chi connectivity index (χ1) is 23.7. The van der Waals surface area contributed by atoms with Gasteiger partial charge in [0.1, 0.15) is 11.4 Å². The third-order valence-electron chi connectivity index (χ3n) is 7.03. The van der Waals surface area contributed by atoms with Crippen LogP contribution in [0.2, 0.25) is 0 Å². The molecule has 0 bridgehead atoms. The zero-order valence-electron chi connectivity index (χ0n) is 25.7. The number of rotatable bonds is 9. The summed E-state index contributed by atoms with van der Waals surface area (Å²) < 4.78 is 0. The maximum absolute atomic E-state index is 13.9. The third-order valence-corrected chi connectivity index (χ3v) is 7.03. The number of anilines is 4. The molecule has 0 saturated heterocycles. The number of aromatic nitrogens is 2. The fourth-order valence-electron chi connectivity index (χ4n) is 4.85. The summed E-state index contributed by atoms with van der Waals surface area (Å²) in [5.74, 6) is 0. The molecule has 2 N–H and O–H groups in total. The molecule has 0 aliphatic rings. The summed E-state index contributed by atoms with van der Waals surface area (Å²) >= 11 is 0. The second-order valence-electron chi connectivity index (χ2n) is 10.2. The van der Waals surface area contributed by atoms with Crippen molar-refractivity contribution in [2.75, 3.05) is 9.80 Å². The van der Waals surface area contributed by atoms with E-state index >= 15 is 0 Å². The smallest absolute Gasteiger partial charge is 0.262 e. The Bertz CT molecular complexity index is 1770. The summed E-state index contributed by atoms with van der Waals surface area (Å²) in [7, 11) is 0. The highest BCUT2D eigenvalue weighted by atomic mass is 16.2. The Balaban J connectivity index is 1.40. The normalized spacial score (nSPS) is 11.3. The molecule has 0 atom stereocenters. The second kappa shape index (κ2) is 15.4. The van der Waals surface area contributed by atoms with Crippen LogP contribution in [-0.4, -0.2) is 33.5 Å². The largest absolute Gasteiger partial charge is 0.346 e. The molecule has 0 fully saturated rings. The summed E-state index contributed by atoms with van der Waals surface area (Å²) in [6.45, 7) is 0. The number of nitrogens with one attached hydrogen (secondary N) is 2. The van der Waals surface area contributed by atoms with Crippen molar-refractivity contribution in [3.8, 4) is 0 Å². The average molecular weight is 631 g/mol. The van der Waals surface area contributed by atoms with E-state index in [1.807, 2.05) is 121 Å². The SMILES string of the molecule is O=C(N/N=C(/C(=N/NC(=O)N(c1ccccc1)c1ccccc1)c1ccccn1)c1ccccn1)N(c1ccccc1)c1ccccc1. The number of hydrogen-bond donors (Lipinski definition) is 2. The molecule has 10 heteroatoms. The molecule has 234 valence electrons. The first kappa shape index (κ1) is 31.1. The van der Waals surface area contributed by atoms with E-state index in [1.165, 1.54) is 9.80 Å². The fraction of sp³-hybridized carbons (Fsp3) is 0. The van der Waals surface area contributed by atoms with Gasteiger partial charge in [-0.1, -0.05) is 84.9 Å². The number of hydrazone groups is 2. The van der Waals surface area contributed by atoms with Crippen LogP contribution >= 0.6 is 0 Å². The van der Waals surface area contributed by atoms with Crippen molar-refractivity contribution >= 4 is 46.2 Å². The highest BCUT2D eigenvalue weighted by molar-refractivity contribution is 6.52. The van der Waals surface area contributed by atoms with Gasteiger partial charge in [0.2, 0.25) is 0 Å². The maximum Gasteiger partial charge on any atom is 0.346 e. The van der Waals surface area contributed by atoms with Crippen LogP contribution in [-0.2, 0) is 0 Å². The van der Waals surface area contributed by atoms with Gasteiger partial charge in [0.15, 0.2) is 0 Å². The first-order valence-corrected chi connectivity index (χ1v) is 15.1. The monoisotopic (exact) mass is 630 g/mol. The van der Waals surface area contributed by atoms with Crippen LogP contribution in [0.1, 0.15) is 11.4 Å². The Morgan fingerprint density at radius 2 is 0.708 bits per heavy atom. The van der Waals surface area contributed by atoms with Crippen molar-refractivity contribution in [1.82, 2.24) is 20.8 Å². The van der Waals surface area contributed by atoms with Crippen molar-refractivity contribution in [2.24, 2.45) is 10.2 Å². The Morgan fingerprint density at radius 3 is 0.979 bits per heavy atom. The molecule has 4 amide bonds. The van der Waals surface area contributed by atoms with E-state index in [4.69, 9.17) is 0 Å². The molecule has 6 aromatic rings. The summed E-state index contributed by atoms with van der Waals surface area (Å²) in [6.07, 6.45) is 3.21. The fourth-order valence-corrected chi connectivity index (χ4v) is 4.85. The van der Waals surface area contributed by atoms with Gasteiger partial charge in [-0.05, 0) is 72.8 Å². The van der Waals surface area contributed by atoms with Gasteiger partial charge in [-0.25, -0.2) is 20.4 Å². The van der Waals surface area contributed by atoms with Gasteiger partial charge < -0.3 is 0 Å². The molecule has 2 heterocycles. The van der Waals surface area contributed by atoms with Crippen molar-refractivity contribution in [3.05, 3.63) is 182 Å². The molecule has 0 unspecified atom stereocenters. The lowest BCUT2D eigenvalue weighted by Crippen LogP contribution is -2.37. The molecule has 10 nitrogen and oxygen atoms in total. The topological polar surface area (TPSA) is 115 Å². The van der Waals surface area contributed by atoms with Crippen molar-refractivity contribution in [3.63, 3.8) is 0 Å².